The first-order valence-corrected chi connectivity index (χ1v) is 3.97. The Hall–Kier alpha value is -0.980. The summed E-state index contributed by atoms with van der Waals surface area (Å²) in [4.78, 5) is 0. The van der Waals surface area contributed by atoms with Crippen molar-refractivity contribution in [2.24, 2.45) is 0 Å². The van der Waals surface area contributed by atoms with Crippen LogP contribution in [0.15, 0.2) is 18.2 Å². The molecule has 1 rings (SSSR count). The molecular weight excluding hydrogens is 134 g/mol. The minimum Gasteiger partial charge on any atom is -0.398 e. The zero-order valence-corrected chi connectivity index (χ0v) is 7.39. The molecule has 1 aromatic rings. The predicted molar refractivity (Wildman–Crippen MR) is 49.7 cm³/mol. The van der Waals surface area contributed by atoms with E-state index in [1.54, 1.807) is 0 Å². The summed E-state index contributed by atoms with van der Waals surface area (Å²) < 4.78 is 0. The molecule has 60 valence electrons. The van der Waals surface area contributed by atoms with Gasteiger partial charge < -0.3 is 5.73 Å². The van der Waals surface area contributed by atoms with Crippen LogP contribution in [0.1, 0.15) is 30.9 Å². The van der Waals surface area contributed by atoms with E-state index in [1.807, 2.05) is 12.1 Å². The van der Waals surface area contributed by atoms with Crippen LogP contribution in [0.3, 0.4) is 0 Å². The van der Waals surface area contributed by atoms with Gasteiger partial charge in [0.25, 0.3) is 0 Å². The van der Waals surface area contributed by atoms with E-state index in [1.165, 1.54) is 11.1 Å². The van der Waals surface area contributed by atoms with Gasteiger partial charge in [-0.2, -0.15) is 0 Å². The lowest BCUT2D eigenvalue weighted by Crippen LogP contribution is -1.96. The Kier molecular flexibility index (Phi) is 2.18. The fraction of sp³-hybridized carbons (Fsp3) is 0.400. The first kappa shape index (κ1) is 8.12. The highest BCUT2D eigenvalue weighted by Crippen LogP contribution is 2.22. The molecule has 0 saturated carbocycles. The van der Waals surface area contributed by atoms with E-state index in [2.05, 4.69) is 26.8 Å². The number of nitrogen functional groups attached to an aromatic ring is 1. The average Bonchev–Trinajstić information content (AvgIpc) is 1.94. The van der Waals surface area contributed by atoms with Crippen LogP contribution >= 0.6 is 0 Å². The number of nitrogens with two attached hydrogens (primary N) is 1. The fourth-order valence-electron chi connectivity index (χ4n) is 1.19. The molecule has 0 radical (unpaired) electrons. The van der Waals surface area contributed by atoms with E-state index >= 15 is 0 Å². The molecule has 2 N–H and O–H groups in total. The van der Waals surface area contributed by atoms with E-state index < -0.39 is 0 Å². The van der Waals surface area contributed by atoms with E-state index in [0.29, 0.717) is 5.92 Å². The van der Waals surface area contributed by atoms with Crippen LogP contribution in [0.2, 0.25) is 0 Å². The van der Waals surface area contributed by atoms with E-state index in [-0.39, 0.29) is 0 Å². The van der Waals surface area contributed by atoms with Gasteiger partial charge in [-0.05, 0) is 24.5 Å². The molecular formula is C10H15N. The average molecular weight is 149 g/mol. The molecule has 0 aromatic heterocycles. The smallest absolute Gasteiger partial charge is 0.0349 e. The fourth-order valence-corrected chi connectivity index (χ4v) is 1.19. The van der Waals surface area contributed by atoms with Crippen molar-refractivity contribution < 1.29 is 0 Å². The Balaban J connectivity index is 3.13. The van der Waals surface area contributed by atoms with Gasteiger partial charge in [0.2, 0.25) is 0 Å². The van der Waals surface area contributed by atoms with Crippen LogP contribution in [0.4, 0.5) is 5.69 Å². The summed E-state index contributed by atoms with van der Waals surface area (Å²) in [6.45, 7) is 6.40. The van der Waals surface area contributed by atoms with Crippen LogP contribution in [0.5, 0.6) is 0 Å². The largest absolute Gasteiger partial charge is 0.398 e. The van der Waals surface area contributed by atoms with Gasteiger partial charge in [-0.3, -0.25) is 0 Å². The number of hydrogen-bond acceptors (Lipinski definition) is 1. The van der Waals surface area contributed by atoms with Crippen LogP contribution in [0.25, 0.3) is 0 Å². The number of hydrogen-bond donors (Lipinski definition) is 1. The van der Waals surface area contributed by atoms with Gasteiger partial charge in [-0.15, -0.1) is 0 Å². The van der Waals surface area contributed by atoms with Crippen LogP contribution in [-0.4, -0.2) is 0 Å². The lowest BCUT2D eigenvalue weighted by Gasteiger charge is -2.09. The van der Waals surface area contributed by atoms with Crippen LogP contribution in [0, 0.1) is 6.92 Å². The predicted octanol–water partition coefficient (Wildman–Crippen LogP) is 2.70. The first-order chi connectivity index (χ1) is 5.11. The molecule has 0 spiro atoms. The normalized spacial score (nSPS) is 10.5. The van der Waals surface area contributed by atoms with Crippen molar-refractivity contribution >= 4 is 5.69 Å². The van der Waals surface area contributed by atoms with Crippen molar-refractivity contribution in [3.63, 3.8) is 0 Å². The lowest BCUT2D eigenvalue weighted by molar-refractivity contribution is 0.868. The van der Waals surface area contributed by atoms with Gasteiger partial charge in [-0.25, -0.2) is 0 Å². The molecule has 1 heteroatoms. The molecule has 0 amide bonds. The molecule has 0 aliphatic carbocycles. The summed E-state index contributed by atoms with van der Waals surface area (Å²) in [7, 11) is 0. The lowest BCUT2D eigenvalue weighted by atomic mass is 9.99. The number of rotatable bonds is 1. The van der Waals surface area contributed by atoms with E-state index in [9.17, 15) is 0 Å². The van der Waals surface area contributed by atoms with Crippen molar-refractivity contribution in [2.45, 2.75) is 26.7 Å². The second kappa shape index (κ2) is 2.95. The molecule has 0 fully saturated rings. The SMILES string of the molecule is Cc1ccc(N)c(C(C)C)c1. The van der Waals surface area contributed by atoms with Gasteiger partial charge >= 0.3 is 0 Å². The van der Waals surface area contributed by atoms with Gasteiger partial charge in [0.05, 0.1) is 0 Å². The Bertz CT molecular complexity index is 251. The highest BCUT2D eigenvalue weighted by Gasteiger charge is 2.02. The Morgan fingerprint density at radius 2 is 1.91 bits per heavy atom. The number of benzene rings is 1. The summed E-state index contributed by atoms with van der Waals surface area (Å²) in [5.41, 5.74) is 9.23. The third-order valence-corrected chi connectivity index (χ3v) is 1.86. The minimum absolute atomic E-state index is 0.523. The number of aryl methyl sites for hydroxylation is 1. The van der Waals surface area contributed by atoms with Crippen molar-refractivity contribution in [1.82, 2.24) is 0 Å². The summed E-state index contributed by atoms with van der Waals surface area (Å²) >= 11 is 0. The molecule has 0 heterocycles. The van der Waals surface area contributed by atoms with E-state index in [0.717, 1.165) is 5.69 Å². The summed E-state index contributed by atoms with van der Waals surface area (Å²) in [6, 6.07) is 6.17. The zero-order chi connectivity index (χ0) is 8.43. The highest BCUT2D eigenvalue weighted by molar-refractivity contribution is 5.49. The topological polar surface area (TPSA) is 26.0 Å². The maximum absolute atomic E-state index is 5.79. The molecule has 1 nitrogen and oxygen atoms in total. The van der Waals surface area contributed by atoms with Crippen molar-refractivity contribution in [1.29, 1.82) is 0 Å². The molecule has 0 aliphatic rings. The molecule has 1 aromatic carbocycles. The first-order valence-electron chi connectivity index (χ1n) is 3.97. The maximum Gasteiger partial charge on any atom is 0.0349 e. The quantitative estimate of drug-likeness (QED) is 0.610. The standard InChI is InChI=1S/C10H15N/c1-7(2)9-6-8(3)4-5-10(9)11/h4-7H,11H2,1-3H3. The Morgan fingerprint density at radius 3 is 2.36 bits per heavy atom. The minimum atomic E-state index is 0.523. The second-order valence-corrected chi connectivity index (χ2v) is 3.29. The third-order valence-electron chi connectivity index (χ3n) is 1.86. The summed E-state index contributed by atoms with van der Waals surface area (Å²) in [6.07, 6.45) is 0. The van der Waals surface area contributed by atoms with Crippen LogP contribution < -0.4 is 5.73 Å². The number of anilines is 1. The van der Waals surface area contributed by atoms with Gasteiger partial charge in [0, 0.05) is 5.69 Å². The maximum atomic E-state index is 5.79. The monoisotopic (exact) mass is 149 g/mol. The van der Waals surface area contributed by atoms with Gasteiger partial charge in [0.1, 0.15) is 0 Å². The molecule has 0 unspecified atom stereocenters. The Labute approximate surface area is 68.2 Å². The molecule has 0 atom stereocenters. The van der Waals surface area contributed by atoms with Gasteiger partial charge in [0.15, 0.2) is 0 Å². The summed E-state index contributed by atoms with van der Waals surface area (Å²) in [5, 5.41) is 0. The van der Waals surface area contributed by atoms with E-state index in [4.69, 9.17) is 5.73 Å². The van der Waals surface area contributed by atoms with Gasteiger partial charge in [-0.1, -0.05) is 31.5 Å². The molecule has 0 saturated heterocycles. The highest BCUT2D eigenvalue weighted by atomic mass is 14.6. The summed E-state index contributed by atoms with van der Waals surface area (Å²) in [5.74, 6) is 0.523. The molecule has 11 heavy (non-hydrogen) atoms. The van der Waals surface area contributed by atoms with Crippen molar-refractivity contribution in [3.05, 3.63) is 29.3 Å². The third kappa shape index (κ3) is 1.73. The van der Waals surface area contributed by atoms with Crippen molar-refractivity contribution in [2.75, 3.05) is 5.73 Å². The Morgan fingerprint density at radius 1 is 1.27 bits per heavy atom. The van der Waals surface area contributed by atoms with Crippen LogP contribution in [-0.2, 0) is 0 Å². The zero-order valence-electron chi connectivity index (χ0n) is 7.39. The second-order valence-electron chi connectivity index (χ2n) is 3.29. The molecule has 0 bridgehead atoms. The van der Waals surface area contributed by atoms with Crippen molar-refractivity contribution in [3.8, 4) is 0 Å². The molecule has 0 aliphatic heterocycles.